The standard InChI is InChI=1S/C13H16O4/c1-13(2)7-8-4-3-5-9(12(8)17-13)10(14)6-11(15)16/h3-5,10,14H,6-7H2,1-2H3,(H,15,16). The summed E-state index contributed by atoms with van der Waals surface area (Å²) in [6.45, 7) is 3.95. The number of aliphatic hydroxyl groups excluding tert-OH is 1. The monoisotopic (exact) mass is 236 g/mol. The maximum atomic E-state index is 10.6. The summed E-state index contributed by atoms with van der Waals surface area (Å²) in [4.78, 5) is 10.6. The Bertz CT molecular complexity index is 451. The highest BCUT2D eigenvalue weighted by Gasteiger charge is 2.33. The molecule has 1 aliphatic rings. The topological polar surface area (TPSA) is 66.8 Å². The SMILES string of the molecule is CC1(C)Cc2cccc(C(O)CC(=O)O)c2O1. The van der Waals surface area contributed by atoms with Gasteiger partial charge in [-0.3, -0.25) is 4.79 Å². The third-order valence-corrected chi connectivity index (χ3v) is 2.85. The van der Waals surface area contributed by atoms with Crippen LogP contribution in [0.5, 0.6) is 5.75 Å². The second-order valence-electron chi connectivity index (χ2n) is 4.99. The van der Waals surface area contributed by atoms with Gasteiger partial charge >= 0.3 is 5.97 Å². The zero-order chi connectivity index (χ0) is 12.6. The van der Waals surface area contributed by atoms with Crippen molar-refractivity contribution in [2.24, 2.45) is 0 Å². The summed E-state index contributed by atoms with van der Waals surface area (Å²) in [6, 6.07) is 5.49. The van der Waals surface area contributed by atoms with Gasteiger partial charge in [-0.1, -0.05) is 18.2 Å². The lowest BCUT2D eigenvalue weighted by molar-refractivity contribution is -0.139. The number of fused-ring (bicyclic) bond motifs is 1. The van der Waals surface area contributed by atoms with Gasteiger partial charge in [0.15, 0.2) is 0 Å². The van der Waals surface area contributed by atoms with E-state index in [4.69, 9.17) is 9.84 Å². The summed E-state index contributed by atoms with van der Waals surface area (Å²) in [5.41, 5.74) is 1.30. The molecule has 2 rings (SSSR count). The van der Waals surface area contributed by atoms with Crippen LogP contribution in [0.3, 0.4) is 0 Å². The van der Waals surface area contributed by atoms with Crippen molar-refractivity contribution in [1.82, 2.24) is 0 Å². The molecular weight excluding hydrogens is 220 g/mol. The molecule has 1 heterocycles. The van der Waals surface area contributed by atoms with Crippen molar-refractivity contribution in [1.29, 1.82) is 0 Å². The van der Waals surface area contributed by atoms with E-state index in [0.29, 0.717) is 11.3 Å². The van der Waals surface area contributed by atoms with Crippen LogP contribution in [0.15, 0.2) is 18.2 Å². The largest absolute Gasteiger partial charge is 0.487 e. The van der Waals surface area contributed by atoms with E-state index in [1.54, 1.807) is 6.07 Å². The van der Waals surface area contributed by atoms with E-state index in [9.17, 15) is 9.90 Å². The molecule has 17 heavy (non-hydrogen) atoms. The number of benzene rings is 1. The average molecular weight is 236 g/mol. The summed E-state index contributed by atoms with van der Waals surface area (Å²) in [5.74, 6) is -0.376. The van der Waals surface area contributed by atoms with Crippen LogP contribution in [-0.4, -0.2) is 21.8 Å². The molecule has 1 atom stereocenters. The van der Waals surface area contributed by atoms with E-state index in [0.717, 1.165) is 12.0 Å². The molecule has 1 aromatic carbocycles. The van der Waals surface area contributed by atoms with Gasteiger partial charge in [-0.15, -0.1) is 0 Å². The van der Waals surface area contributed by atoms with Crippen LogP contribution < -0.4 is 4.74 Å². The minimum absolute atomic E-state index is 0.290. The Morgan fingerprint density at radius 2 is 2.24 bits per heavy atom. The third-order valence-electron chi connectivity index (χ3n) is 2.85. The molecule has 2 N–H and O–H groups in total. The first-order valence-electron chi connectivity index (χ1n) is 5.60. The summed E-state index contributed by atoms with van der Waals surface area (Å²) >= 11 is 0. The van der Waals surface area contributed by atoms with Gasteiger partial charge in [0.25, 0.3) is 0 Å². The number of aliphatic hydroxyl groups is 1. The number of carbonyl (C=O) groups is 1. The lowest BCUT2D eigenvalue weighted by Gasteiger charge is -2.19. The molecule has 0 bridgehead atoms. The maximum Gasteiger partial charge on any atom is 0.306 e. The molecule has 0 saturated heterocycles. The summed E-state index contributed by atoms with van der Waals surface area (Å²) in [5, 5.41) is 18.6. The Hall–Kier alpha value is -1.55. The first kappa shape index (κ1) is 11.9. The van der Waals surface area contributed by atoms with Gasteiger partial charge in [0.05, 0.1) is 12.5 Å². The minimum atomic E-state index is -1.02. The summed E-state index contributed by atoms with van der Waals surface area (Å²) < 4.78 is 5.78. The first-order chi connectivity index (χ1) is 7.89. The molecule has 92 valence electrons. The maximum absolute atomic E-state index is 10.6. The Balaban J connectivity index is 2.32. The number of ether oxygens (including phenoxy) is 1. The van der Waals surface area contributed by atoms with Crippen LogP contribution in [0.1, 0.15) is 37.5 Å². The Morgan fingerprint density at radius 3 is 2.88 bits per heavy atom. The van der Waals surface area contributed by atoms with Crippen molar-refractivity contribution in [3.05, 3.63) is 29.3 Å². The third kappa shape index (κ3) is 2.42. The van der Waals surface area contributed by atoms with Crippen molar-refractivity contribution in [3.63, 3.8) is 0 Å². The van der Waals surface area contributed by atoms with Gasteiger partial charge in [0, 0.05) is 12.0 Å². The van der Waals surface area contributed by atoms with Gasteiger partial charge in [-0.25, -0.2) is 0 Å². The highest BCUT2D eigenvalue weighted by atomic mass is 16.5. The molecule has 0 radical (unpaired) electrons. The van der Waals surface area contributed by atoms with Gasteiger partial charge in [0.1, 0.15) is 11.4 Å². The Labute approximate surface area is 99.8 Å². The molecule has 0 aliphatic carbocycles. The quantitative estimate of drug-likeness (QED) is 0.841. The van der Waals surface area contributed by atoms with Crippen molar-refractivity contribution >= 4 is 5.97 Å². The summed E-state index contributed by atoms with van der Waals surface area (Å²) in [6.07, 6.45) is -0.549. The fraction of sp³-hybridized carbons (Fsp3) is 0.462. The number of rotatable bonds is 3. The highest BCUT2D eigenvalue weighted by Crippen LogP contribution is 2.40. The highest BCUT2D eigenvalue weighted by molar-refractivity contribution is 5.68. The van der Waals surface area contributed by atoms with Crippen molar-refractivity contribution < 1.29 is 19.7 Å². The van der Waals surface area contributed by atoms with Crippen LogP contribution in [0.2, 0.25) is 0 Å². The normalized spacial score (nSPS) is 18.3. The Morgan fingerprint density at radius 1 is 1.53 bits per heavy atom. The van der Waals surface area contributed by atoms with E-state index in [1.165, 1.54) is 0 Å². The van der Waals surface area contributed by atoms with E-state index in [-0.39, 0.29) is 12.0 Å². The van der Waals surface area contributed by atoms with Crippen molar-refractivity contribution in [2.45, 2.75) is 38.4 Å². The van der Waals surface area contributed by atoms with Crippen LogP contribution in [0.25, 0.3) is 0 Å². The zero-order valence-corrected chi connectivity index (χ0v) is 9.93. The molecule has 0 fully saturated rings. The van der Waals surface area contributed by atoms with Crippen LogP contribution in [0, 0.1) is 0 Å². The number of para-hydroxylation sites is 1. The lowest BCUT2D eigenvalue weighted by Crippen LogP contribution is -2.25. The summed E-state index contributed by atoms with van der Waals surface area (Å²) in [7, 11) is 0. The molecule has 0 aromatic heterocycles. The predicted octanol–water partition coefficient (Wildman–Crippen LogP) is 1.91. The molecule has 1 aromatic rings. The zero-order valence-electron chi connectivity index (χ0n) is 9.93. The predicted molar refractivity (Wildman–Crippen MR) is 62.1 cm³/mol. The average Bonchev–Trinajstić information content (AvgIpc) is 2.49. The second kappa shape index (κ2) is 4.04. The molecule has 0 spiro atoms. The van der Waals surface area contributed by atoms with Crippen LogP contribution >= 0.6 is 0 Å². The molecule has 1 unspecified atom stereocenters. The van der Waals surface area contributed by atoms with E-state index in [1.807, 2.05) is 26.0 Å². The van der Waals surface area contributed by atoms with E-state index in [2.05, 4.69) is 0 Å². The van der Waals surface area contributed by atoms with Crippen molar-refractivity contribution in [3.8, 4) is 5.75 Å². The van der Waals surface area contributed by atoms with Gasteiger partial charge in [-0.05, 0) is 19.4 Å². The number of carboxylic acids is 1. The number of hydrogen-bond acceptors (Lipinski definition) is 3. The molecular formula is C13H16O4. The van der Waals surface area contributed by atoms with Crippen LogP contribution in [0.4, 0.5) is 0 Å². The number of carboxylic acid groups (broad SMARTS) is 1. The van der Waals surface area contributed by atoms with Gasteiger partial charge in [0.2, 0.25) is 0 Å². The molecule has 4 nitrogen and oxygen atoms in total. The molecule has 0 saturated carbocycles. The fourth-order valence-electron chi connectivity index (χ4n) is 2.18. The number of hydrogen-bond donors (Lipinski definition) is 2. The van der Waals surface area contributed by atoms with Crippen LogP contribution in [-0.2, 0) is 11.2 Å². The molecule has 0 amide bonds. The first-order valence-corrected chi connectivity index (χ1v) is 5.60. The second-order valence-corrected chi connectivity index (χ2v) is 4.99. The number of aliphatic carboxylic acids is 1. The smallest absolute Gasteiger partial charge is 0.306 e. The van der Waals surface area contributed by atoms with Gasteiger partial charge < -0.3 is 14.9 Å². The molecule has 4 heteroatoms. The minimum Gasteiger partial charge on any atom is -0.487 e. The lowest BCUT2D eigenvalue weighted by atomic mass is 9.98. The van der Waals surface area contributed by atoms with Gasteiger partial charge in [-0.2, -0.15) is 0 Å². The molecule has 1 aliphatic heterocycles. The Kier molecular flexibility index (Phi) is 2.83. The fourth-order valence-corrected chi connectivity index (χ4v) is 2.18. The van der Waals surface area contributed by atoms with E-state index >= 15 is 0 Å². The van der Waals surface area contributed by atoms with E-state index < -0.39 is 12.1 Å². The van der Waals surface area contributed by atoms with Crippen molar-refractivity contribution in [2.75, 3.05) is 0 Å².